The van der Waals surface area contributed by atoms with Crippen molar-refractivity contribution >= 4 is 0 Å². The van der Waals surface area contributed by atoms with Gasteiger partial charge in [-0.3, -0.25) is 4.90 Å². The van der Waals surface area contributed by atoms with Crippen molar-refractivity contribution in [2.24, 2.45) is 0 Å². The molecule has 1 aromatic carbocycles. The number of likely N-dealkylation sites (tertiary alicyclic amines) is 2. The molecule has 0 aliphatic carbocycles. The third kappa shape index (κ3) is 4.29. The maximum absolute atomic E-state index is 3.61. The van der Waals surface area contributed by atoms with Crippen LogP contribution >= 0.6 is 0 Å². The fourth-order valence-electron chi connectivity index (χ4n) is 3.58. The summed E-state index contributed by atoms with van der Waals surface area (Å²) >= 11 is 0. The molecule has 21 heavy (non-hydrogen) atoms. The van der Waals surface area contributed by atoms with Crippen LogP contribution in [0.3, 0.4) is 0 Å². The Balaban J connectivity index is 1.41. The van der Waals surface area contributed by atoms with Crippen molar-refractivity contribution in [3.63, 3.8) is 0 Å². The zero-order valence-electron chi connectivity index (χ0n) is 13.4. The van der Waals surface area contributed by atoms with E-state index in [4.69, 9.17) is 0 Å². The molecule has 116 valence electrons. The highest BCUT2D eigenvalue weighted by atomic mass is 15.2. The molecular formula is C18H29N3. The second kappa shape index (κ2) is 7.39. The normalized spacial score (nSPS) is 24.0. The predicted molar refractivity (Wildman–Crippen MR) is 88.3 cm³/mol. The summed E-state index contributed by atoms with van der Waals surface area (Å²) in [4.78, 5) is 5.04. The Kier molecular flexibility index (Phi) is 5.28. The molecule has 2 heterocycles. The Bertz CT molecular complexity index is 423. The van der Waals surface area contributed by atoms with Crippen molar-refractivity contribution in [3.8, 4) is 0 Å². The number of benzene rings is 1. The molecule has 1 N–H and O–H groups in total. The zero-order valence-corrected chi connectivity index (χ0v) is 13.4. The largest absolute Gasteiger partial charge is 0.311 e. The minimum atomic E-state index is 0.736. The first-order valence-electron chi connectivity index (χ1n) is 8.52. The van der Waals surface area contributed by atoms with Crippen LogP contribution in [-0.2, 0) is 13.1 Å². The lowest BCUT2D eigenvalue weighted by Gasteiger charge is -2.19. The first-order chi connectivity index (χ1) is 10.3. The molecule has 1 aromatic rings. The standard InChI is InChI=1S/C18H29N3/c1-20-10-4-5-18(20)14-19-13-16-6-8-17(9-7-16)15-21-11-2-3-12-21/h6-9,18-19H,2-5,10-15H2,1H3. The Morgan fingerprint density at radius 3 is 2.38 bits per heavy atom. The highest BCUT2D eigenvalue weighted by Crippen LogP contribution is 2.15. The maximum atomic E-state index is 3.61. The summed E-state index contributed by atoms with van der Waals surface area (Å²) in [5.74, 6) is 0. The molecule has 2 fully saturated rings. The summed E-state index contributed by atoms with van der Waals surface area (Å²) in [5, 5.41) is 3.61. The van der Waals surface area contributed by atoms with E-state index in [1.165, 1.54) is 56.4 Å². The molecule has 1 unspecified atom stereocenters. The summed E-state index contributed by atoms with van der Waals surface area (Å²) in [6.45, 7) is 7.05. The molecular weight excluding hydrogens is 258 g/mol. The maximum Gasteiger partial charge on any atom is 0.0233 e. The molecule has 0 bridgehead atoms. The fourth-order valence-corrected chi connectivity index (χ4v) is 3.58. The van der Waals surface area contributed by atoms with Gasteiger partial charge in [0.2, 0.25) is 0 Å². The van der Waals surface area contributed by atoms with Crippen LogP contribution in [-0.4, -0.2) is 49.1 Å². The highest BCUT2D eigenvalue weighted by molar-refractivity contribution is 5.22. The van der Waals surface area contributed by atoms with Gasteiger partial charge in [-0.05, 0) is 63.5 Å². The van der Waals surface area contributed by atoms with Gasteiger partial charge < -0.3 is 10.2 Å². The molecule has 2 aliphatic rings. The quantitative estimate of drug-likeness (QED) is 0.867. The number of rotatable bonds is 6. The highest BCUT2D eigenvalue weighted by Gasteiger charge is 2.19. The summed E-state index contributed by atoms with van der Waals surface area (Å²) in [7, 11) is 2.24. The lowest BCUT2D eigenvalue weighted by Crippen LogP contribution is -2.35. The smallest absolute Gasteiger partial charge is 0.0233 e. The lowest BCUT2D eigenvalue weighted by molar-refractivity contribution is 0.300. The second-order valence-corrected chi connectivity index (χ2v) is 6.71. The van der Waals surface area contributed by atoms with Gasteiger partial charge in [0.15, 0.2) is 0 Å². The molecule has 0 spiro atoms. The van der Waals surface area contributed by atoms with Gasteiger partial charge in [-0.2, -0.15) is 0 Å². The van der Waals surface area contributed by atoms with Crippen LogP contribution in [0.25, 0.3) is 0 Å². The first-order valence-corrected chi connectivity index (χ1v) is 8.52. The molecule has 2 saturated heterocycles. The number of likely N-dealkylation sites (N-methyl/N-ethyl adjacent to an activating group) is 1. The number of hydrogen-bond donors (Lipinski definition) is 1. The van der Waals surface area contributed by atoms with E-state index in [9.17, 15) is 0 Å². The molecule has 0 saturated carbocycles. The van der Waals surface area contributed by atoms with Crippen LogP contribution in [0, 0.1) is 0 Å². The molecule has 3 rings (SSSR count). The summed E-state index contributed by atoms with van der Waals surface area (Å²) in [6, 6.07) is 9.92. The Morgan fingerprint density at radius 2 is 1.71 bits per heavy atom. The summed E-state index contributed by atoms with van der Waals surface area (Å²) < 4.78 is 0. The van der Waals surface area contributed by atoms with Gasteiger partial charge in [0.1, 0.15) is 0 Å². The third-order valence-electron chi connectivity index (χ3n) is 5.01. The van der Waals surface area contributed by atoms with Crippen LogP contribution in [0.4, 0.5) is 0 Å². The summed E-state index contributed by atoms with van der Waals surface area (Å²) in [5.41, 5.74) is 2.86. The number of hydrogen-bond acceptors (Lipinski definition) is 3. The Labute approximate surface area is 129 Å². The Hall–Kier alpha value is -0.900. The van der Waals surface area contributed by atoms with E-state index >= 15 is 0 Å². The van der Waals surface area contributed by atoms with Crippen molar-refractivity contribution in [2.75, 3.05) is 33.2 Å². The van der Waals surface area contributed by atoms with Crippen LogP contribution in [0.15, 0.2) is 24.3 Å². The average Bonchev–Trinajstić information content (AvgIpc) is 3.13. The average molecular weight is 287 g/mol. The molecule has 0 amide bonds. The molecule has 3 heteroatoms. The van der Waals surface area contributed by atoms with Gasteiger partial charge in [0.05, 0.1) is 0 Å². The molecule has 2 aliphatic heterocycles. The topological polar surface area (TPSA) is 18.5 Å². The molecule has 1 atom stereocenters. The molecule has 3 nitrogen and oxygen atoms in total. The predicted octanol–water partition coefficient (Wildman–Crippen LogP) is 2.47. The van der Waals surface area contributed by atoms with Crippen LogP contribution < -0.4 is 5.32 Å². The van der Waals surface area contributed by atoms with Gasteiger partial charge in [-0.25, -0.2) is 0 Å². The van der Waals surface area contributed by atoms with Crippen molar-refractivity contribution < 1.29 is 0 Å². The fraction of sp³-hybridized carbons (Fsp3) is 0.667. The van der Waals surface area contributed by atoms with E-state index in [1.54, 1.807) is 0 Å². The van der Waals surface area contributed by atoms with Crippen molar-refractivity contribution in [1.82, 2.24) is 15.1 Å². The number of nitrogens with one attached hydrogen (secondary N) is 1. The van der Waals surface area contributed by atoms with E-state index in [2.05, 4.69) is 46.4 Å². The minimum Gasteiger partial charge on any atom is -0.311 e. The molecule has 0 aromatic heterocycles. The SMILES string of the molecule is CN1CCCC1CNCc1ccc(CN2CCCC2)cc1. The zero-order chi connectivity index (χ0) is 14.5. The van der Waals surface area contributed by atoms with E-state index in [0.29, 0.717) is 0 Å². The number of nitrogens with zero attached hydrogens (tertiary/aromatic N) is 2. The van der Waals surface area contributed by atoms with Gasteiger partial charge in [0, 0.05) is 25.7 Å². The van der Waals surface area contributed by atoms with E-state index in [1.807, 2.05) is 0 Å². The lowest BCUT2D eigenvalue weighted by atomic mass is 10.1. The van der Waals surface area contributed by atoms with Crippen molar-refractivity contribution in [1.29, 1.82) is 0 Å². The second-order valence-electron chi connectivity index (χ2n) is 6.71. The monoisotopic (exact) mass is 287 g/mol. The van der Waals surface area contributed by atoms with E-state index in [-0.39, 0.29) is 0 Å². The van der Waals surface area contributed by atoms with Crippen LogP contribution in [0.2, 0.25) is 0 Å². The Morgan fingerprint density at radius 1 is 1.00 bits per heavy atom. The van der Waals surface area contributed by atoms with Crippen LogP contribution in [0.1, 0.15) is 36.8 Å². The molecule has 0 radical (unpaired) electrons. The van der Waals surface area contributed by atoms with Gasteiger partial charge in [-0.1, -0.05) is 24.3 Å². The van der Waals surface area contributed by atoms with E-state index < -0.39 is 0 Å². The van der Waals surface area contributed by atoms with E-state index in [0.717, 1.165) is 25.7 Å². The van der Waals surface area contributed by atoms with Gasteiger partial charge >= 0.3 is 0 Å². The van der Waals surface area contributed by atoms with Gasteiger partial charge in [0.25, 0.3) is 0 Å². The van der Waals surface area contributed by atoms with Gasteiger partial charge in [-0.15, -0.1) is 0 Å². The van der Waals surface area contributed by atoms with Crippen LogP contribution in [0.5, 0.6) is 0 Å². The third-order valence-corrected chi connectivity index (χ3v) is 5.01. The van der Waals surface area contributed by atoms with Crippen molar-refractivity contribution in [3.05, 3.63) is 35.4 Å². The van der Waals surface area contributed by atoms with Crippen molar-refractivity contribution in [2.45, 2.75) is 44.8 Å². The summed E-state index contributed by atoms with van der Waals surface area (Å²) in [6.07, 6.45) is 5.45. The first kappa shape index (κ1) is 15.0. The minimum absolute atomic E-state index is 0.736.